The highest BCUT2D eigenvalue weighted by atomic mass is 19.1. The molecule has 0 aliphatic heterocycles. The van der Waals surface area contributed by atoms with Gasteiger partial charge in [-0.3, -0.25) is 9.59 Å². The first-order valence-electron chi connectivity index (χ1n) is 5.51. The van der Waals surface area contributed by atoms with E-state index in [0.29, 0.717) is 4.57 Å². The molecule has 0 radical (unpaired) electrons. The number of hydrogen-bond donors (Lipinski definition) is 1. The molecule has 0 amide bonds. The van der Waals surface area contributed by atoms with Gasteiger partial charge in [-0.25, -0.2) is 13.8 Å². The van der Waals surface area contributed by atoms with Gasteiger partial charge in [-0.05, 0) is 25.1 Å². The number of nitrogens with one attached hydrogen (secondary N) is 1. The van der Waals surface area contributed by atoms with E-state index in [2.05, 4.69) is 4.98 Å². The summed E-state index contributed by atoms with van der Waals surface area (Å²) < 4.78 is 14.4. The van der Waals surface area contributed by atoms with Gasteiger partial charge in [0.2, 0.25) is 0 Å². The summed E-state index contributed by atoms with van der Waals surface area (Å²) in [6, 6.07) is 5.04. The molecule has 0 fully saturated rings. The zero-order valence-electron chi connectivity index (χ0n) is 10.3. The number of nitriles is 1. The second-order valence-corrected chi connectivity index (χ2v) is 3.98. The molecule has 1 N–H and O–H groups in total. The van der Waals surface area contributed by atoms with Crippen molar-refractivity contribution in [2.75, 3.05) is 0 Å². The number of rotatable bonds is 2. The highest BCUT2D eigenvalue weighted by Gasteiger charge is 2.15. The third-order valence-corrected chi connectivity index (χ3v) is 2.67. The minimum atomic E-state index is -0.912. The quantitative estimate of drug-likeness (QED) is 0.816. The van der Waals surface area contributed by atoms with E-state index in [9.17, 15) is 18.8 Å². The van der Waals surface area contributed by atoms with Crippen molar-refractivity contribution >= 4 is 5.78 Å². The van der Waals surface area contributed by atoms with Gasteiger partial charge in [0.1, 0.15) is 5.82 Å². The van der Waals surface area contributed by atoms with Gasteiger partial charge < -0.3 is 4.98 Å². The molecule has 1 aromatic heterocycles. The molecule has 1 heterocycles. The summed E-state index contributed by atoms with van der Waals surface area (Å²) >= 11 is 0. The molecule has 0 spiro atoms. The fraction of sp³-hybridized carbons (Fsp3) is 0.0769. The lowest BCUT2D eigenvalue weighted by atomic mass is 10.2. The van der Waals surface area contributed by atoms with E-state index in [1.165, 1.54) is 6.07 Å². The van der Waals surface area contributed by atoms with Crippen LogP contribution in [-0.2, 0) is 0 Å². The lowest BCUT2D eigenvalue weighted by Gasteiger charge is -2.07. The van der Waals surface area contributed by atoms with Crippen LogP contribution in [0.25, 0.3) is 5.69 Å². The summed E-state index contributed by atoms with van der Waals surface area (Å²) in [5.74, 6) is -1.45. The largest absolute Gasteiger partial charge is 0.333 e. The second-order valence-electron chi connectivity index (χ2n) is 3.98. The van der Waals surface area contributed by atoms with Crippen LogP contribution in [0, 0.1) is 17.1 Å². The van der Waals surface area contributed by atoms with Crippen LogP contribution < -0.4 is 11.2 Å². The number of ketones is 1. The first-order chi connectivity index (χ1) is 9.45. The van der Waals surface area contributed by atoms with Gasteiger partial charge in [-0.2, -0.15) is 5.26 Å². The predicted molar refractivity (Wildman–Crippen MR) is 67.3 cm³/mol. The maximum Gasteiger partial charge on any atom is 0.333 e. The fourth-order valence-electron chi connectivity index (χ4n) is 1.70. The Labute approximate surface area is 111 Å². The Morgan fingerprint density at radius 1 is 1.40 bits per heavy atom. The minimum absolute atomic E-state index is 0.0541. The molecule has 0 bridgehead atoms. The van der Waals surface area contributed by atoms with Gasteiger partial charge in [0.25, 0.3) is 5.56 Å². The Bertz CT molecular complexity index is 858. The molecular weight excluding hydrogens is 265 g/mol. The highest BCUT2D eigenvalue weighted by Crippen LogP contribution is 2.12. The van der Waals surface area contributed by atoms with Crippen molar-refractivity contribution < 1.29 is 9.18 Å². The molecule has 1 aromatic carbocycles. The Kier molecular flexibility index (Phi) is 3.31. The van der Waals surface area contributed by atoms with Gasteiger partial charge in [-0.1, -0.05) is 0 Å². The van der Waals surface area contributed by atoms with Crippen LogP contribution in [0.4, 0.5) is 4.39 Å². The van der Waals surface area contributed by atoms with E-state index >= 15 is 0 Å². The van der Waals surface area contributed by atoms with Crippen molar-refractivity contribution in [2.45, 2.75) is 6.92 Å². The molecule has 7 heteroatoms. The van der Waals surface area contributed by atoms with Gasteiger partial charge in [0.15, 0.2) is 5.78 Å². The zero-order valence-corrected chi connectivity index (χ0v) is 10.3. The molecule has 100 valence electrons. The molecular formula is C13H8FN3O3. The molecule has 0 saturated heterocycles. The van der Waals surface area contributed by atoms with Crippen molar-refractivity contribution in [3.05, 3.63) is 62.2 Å². The highest BCUT2D eigenvalue weighted by molar-refractivity contribution is 5.93. The monoisotopic (exact) mass is 273 g/mol. The van der Waals surface area contributed by atoms with E-state index in [0.717, 1.165) is 25.3 Å². The number of carbonyl (C=O) groups excluding carboxylic acids is 1. The summed E-state index contributed by atoms with van der Waals surface area (Å²) in [6.07, 6.45) is 0.991. The first kappa shape index (κ1) is 13.4. The molecule has 0 aliphatic rings. The van der Waals surface area contributed by atoms with Crippen LogP contribution in [0.5, 0.6) is 0 Å². The van der Waals surface area contributed by atoms with Crippen LogP contribution >= 0.6 is 0 Å². The number of hydrogen-bond acceptors (Lipinski definition) is 4. The van der Waals surface area contributed by atoms with Crippen molar-refractivity contribution in [3.63, 3.8) is 0 Å². The fourth-order valence-corrected chi connectivity index (χ4v) is 1.70. The molecule has 2 rings (SSSR count). The molecule has 20 heavy (non-hydrogen) atoms. The number of nitrogens with zero attached hydrogens (tertiary/aromatic N) is 2. The Morgan fingerprint density at radius 3 is 2.65 bits per heavy atom. The topological polar surface area (TPSA) is 95.7 Å². The number of aromatic nitrogens is 2. The molecule has 0 atom stereocenters. The van der Waals surface area contributed by atoms with Gasteiger partial charge in [0.05, 0.1) is 22.9 Å². The standard InChI is InChI=1S/C13H8FN3O3/c1-7(18)9-6-16-13(20)17(12(9)19)11-3-2-8(5-15)4-10(11)14/h2-4,6H,1H3,(H,16,20). The normalized spacial score (nSPS) is 10.1. The van der Waals surface area contributed by atoms with Crippen molar-refractivity contribution in [2.24, 2.45) is 0 Å². The van der Waals surface area contributed by atoms with E-state index in [4.69, 9.17) is 5.26 Å². The third kappa shape index (κ3) is 2.14. The van der Waals surface area contributed by atoms with Gasteiger partial charge in [0, 0.05) is 6.20 Å². The summed E-state index contributed by atoms with van der Waals surface area (Å²) in [6.45, 7) is 1.16. The number of aromatic amines is 1. The summed E-state index contributed by atoms with van der Waals surface area (Å²) in [4.78, 5) is 37.2. The number of H-pyrrole nitrogens is 1. The lowest BCUT2D eigenvalue weighted by molar-refractivity contribution is 0.101. The second kappa shape index (κ2) is 4.93. The summed E-state index contributed by atoms with van der Waals surface area (Å²) in [5.41, 5.74) is -2.31. The van der Waals surface area contributed by atoms with E-state index < -0.39 is 22.8 Å². The molecule has 2 aromatic rings. The average molecular weight is 273 g/mol. The van der Waals surface area contributed by atoms with E-state index in [1.54, 1.807) is 6.07 Å². The van der Waals surface area contributed by atoms with Crippen LogP contribution in [-0.4, -0.2) is 15.3 Å². The third-order valence-electron chi connectivity index (χ3n) is 2.67. The van der Waals surface area contributed by atoms with Crippen molar-refractivity contribution in [3.8, 4) is 11.8 Å². The zero-order chi connectivity index (χ0) is 14.9. The van der Waals surface area contributed by atoms with Crippen LogP contribution in [0.15, 0.2) is 34.0 Å². The Balaban J connectivity index is 2.80. The summed E-state index contributed by atoms with van der Waals surface area (Å²) in [7, 11) is 0. The number of carbonyl (C=O) groups is 1. The van der Waals surface area contributed by atoms with Crippen LogP contribution in [0.1, 0.15) is 22.8 Å². The van der Waals surface area contributed by atoms with Gasteiger partial charge >= 0.3 is 5.69 Å². The lowest BCUT2D eigenvalue weighted by Crippen LogP contribution is -2.36. The molecule has 0 saturated carbocycles. The van der Waals surface area contributed by atoms with Crippen molar-refractivity contribution in [1.82, 2.24) is 9.55 Å². The molecule has 0 aliphatic carbocycles. The van der Waals surface area contributed by atoms with Crippen molar-refractivity contribution in [1.29, 1.82) is 5.26 Å². The van der Waals surface area contributed by atoms with E-state index in [-0.39, 0.29) is 16.8 Å². The number of Topliss-reactive ketones (excluding diaryl/α,β-unsaturated/α-hetero) is 1. The van der Waals surface area contributed by atoms with Gasteiger partial charge in [-0.15, -0.1) is 0 Å². The molecule has 6 nitrogen and oxygen atoms in total. The van der Waals surface area contributed by atoms with Crippen LogP contribution in [0.2, 0.25) is 0 Å². The molecule has 0 unspecified atom stereocenters. The predicted octanol–water partition coefficient (Wildman–Crippen LogP) is 0.739. The summed E-state index contributed by atoms with van der Waals surface area (Å²) in [5, 5.41) is 8.65. The van der Waals surface area contributed by atoms with Crippen LogP contribution in [0.3, 0.4) is 0 Å². The Morgan fingerprint density at radius 2 is 2.10 bits per heavy atom. The smallest absolute Gasteiger partial charge is 0.313 e. The SMILES string of the molecule is CC(=O)c1c[nH]c(=O)n(-c2ccc(C#N)cc2F)c1=O. The first-order valence-corrected chi connectivity index (χ1v) is 5.51. The maximum absolute atomic E-state index is 13.9. The Hall–Kier alpha value is -3.01. The average Bonchev–Trinajstić information content (AvgIpc) is 2.40. The maximum atomic E-state index is 13.9. The van der Waals surface area contributed by atoms with E-state index in [1.807, 2.05) is 0 Å². The number of halogens is 1. The number of benzene rings is 1. The minimum Gasteiger partial charge on any atom is -0.313 e.